The van der Waals surface area contributed by atoms with Gasteiger partial charge in [-0.25, -0.2) is 13.6 Å². The summed E-state index contributed by atoms with van der Waals surface area (Å²) in [6.45, 7) is 1.83. The van der Waals surface area contributed by atoms with Crippen molar-refractivity contribution in [3.8, 4) is 11.1 Å². The highest BCUT2D eigenvalue weighted by Gasteiger charge is 2.23. The number of ether oxygens (including phenoxy) is 1. The summed E-state index contributed by atoms with van der Waals surface area (Å²) in [4.78, 5) is 24.9. The molecule has 1 N–H and O–H groups in total. The molecule has 3 aromatic rings. The van der Waals surface area contributed by atoms with Gasteiger partial charge < -0.3 is 10.1 Å². The number of benzene rings is 2. The highest BCUT2D eigenvalue weighted by molar-refractivity contribution is 7.15. The van der Waals surface area contributed by atoms with Gasteiger partial charge in [0.25, 0.3) is 5.91 Å². The molecule has 1 aromatic heterocycles. The first-order valence-electron chi connectivity index (χ1n) is 8.21. The van der Waals surface area contributed by atoms with E-state index in [1.807, 2.05) is 0 Å². The largest absolute Gasteiger partial charge is 0.462 e. The Hall–Kier alpha value is -2.77. The first kappa shape index (κ1) is 20.0. The van der Waals surface area contributed by atoms with E-state index in [0.717, 1.165) is 35.1 Å². The summed E-state index contributed by atoms with van der Waals surface area (Å²) >= 11 is 7.04. The van der Waals surface area contributed by atoms with E-state index in [9.17, 15) is 18.4 Å². The quantitative estimate of drug-likeness (QED) is 0.531. The Morgan fingerprint density at radius 3 is 2.46 bits per heavy atom. The lowest BCUT2D eigenvalue weighted by molar-refractivity contribution is 0.0529. The smallest absolute Gasteiger partial charge is 0.341 e. The monoisotopic (exact) mass is 421 g/mol. The van der Waals surface area contributed by atoms with Gasteiger partial charge in [-0.1, -0.05) is 23.7 Å². The number of hydrogen-bond donors (Lipinski definition) is 1. The van der Waals surface area contributed by atoms with E-state index < -0.39 is 23.5 Å². The van der Waals surface area contributed by atoms with Gasteiger partial charge in [0.05, 0.1) is 6.61 Å². The minimum absolute atomic E-state index is 0.0739. The fraction of sp³-hybridized carbons (Fsp3) is 0.100. The minimum atomic E-state index is -1.13. The van der Waals surface area contributed by atoms with Crippen LogP contribution in [0.25, 0.3) is 11.1 Å². The number of amides is 1. The third-order valence-corrected chi connectivity index (χ3v) is 4.98. The zero-order chi connectivity index (χ0) is 20.3. The second-order valence-electron chi connectivity index (χ2n) is 5.66. The molecular formula is C20H14ClF2NO3S. The molecule has 1 amide bonds. The van der Waals surface area contributed by atoms with Crippen molar-refractivity contribution in [2.45, 2.75) is 6.92 Å². The van der Waals surface area contributed by atoms with Crippen LogP contribution < -0.4 is 5.32 Å². The maximum atomic E-state index is 13.4. The van der Waals surface area contributed by atoms with E-state index in [1.54, 1.807) is 36.6 Å². The Kier molecular flexibility index (Phi) is 6.06. The van der Waals surface area contributed by atoms with E-state index >= 15 is 0 Å². The molecule has 0 saturated carbocycles. The van der Waals surface area contributed by atoms with Crippen LogP contribution in [0.4, 0.5) is 13.8 Å². The van der Waals surface area contributed by atoms with Gasteiger partial charge in [0, 0.05) is 21.5 Å². The van der Waals surface area contributed by atoms with Crippen molar-refractivity contribution >= 4 is 39.8 Å². The molecule has 2 aromatic carbocycles. The maximum Gasteiger partial charge on any atom is 0.341 e. The van der Waals surface area contributed by atoms with Gasteiger partial charge in [0.15, 0.2) is 11.6 Å². The zero-order valence-corrected chi connectivity index (χ0v) is 16.2. The first-order chi connectivity index (χ1) is 13.4. The number of thiophene rings is 1. The fourth-order valence-corrected chi connectivity index (χ4v) is 3.59. The van der Waals surface area contributed by atoms with Gasteiger partial charge in [0.2, 0.25) is 0 Å². The molecule has 0 aliphatic heterocycles. The predicted molar refractivity (Wildman–Crippen MR) is 105 cm³/mol. The summed E-state index contributed by atoms with van der Waals surface area (Å²) in [6.07, 6.45) is 0. The molecule has 4 nitrogen and oxygen atoms in total. The van der Waals surface area contributed by atoms with Crippen LogP contribution in [0.5, 0.6) is 0 Å². The molecule has 0 atom stereocenters. The Bertz CT molecular complexity index is 1030. The SMILES string of the molecule is CCOC(=O)c1c(-c2ccc(Cl)cc2)csc1NC(=O)c1ccc(F)c(F)c1. The van der Waals surface area contributed by atoms with Gasteiger partial charge in [-0.3, -0.25) is 4.79 Å². The van der Waals surface area contributed by atoms with Crippen LogP contribution >= 0.6 is 22.9 Å². The molecule has 0 aliphatic rings. The Labute approximate surface area is 168 Å². The molecule has 0 saturated heterocycles. The van der Waals surface area contributed by atoms with Gasteiger partial charge >= 0.3 is 5.97 Å². The van der Waals surface area contributed by atoms with Crippen molar-refractivity contribution in [3.63, 3.8) is 0 Å². The van der Waals surface area contributed by atoms with Gasteiger partial charge in [-0.2, -0.15) is 0 Å². The van der Waals surface area contributed by atoms with Gasteiger partial charge in [-0.15, -0.1) is 11.3 Å². The van der Waals surface area contributed by atoms with E-state index in [-0.39, 0.29) is 22.7 Å². The summed E-state index contributed by atoms with van der Waals surface area (Å²) in [5.74, 6) is -3.46. The number of halogens is 3. The molecular weight excluding hydrogens is 408 g/mol. The van der Waals surface area contributed by atoms with Crippen LogP contribution in [0, 0.1) is 11.6 Å². The van der Waals surface area contributed by atoms with Crippen molar-refractivity contribution in [1.82, 2.24) is 0 Å². The van der Waals surface area contributed by atoms with Crippen LogP contribution in [-0.4, -0.2) is 18.5 Å². The average Bonchev–Trinajstić information content (AvgIpc) is 3.08. The minimum Gasteiger partial charge on any atom is -0.462 e. The maximum absolute atomic E-state index is 13.4. The number of anilines is 1. The van der Waals surface area contributed by atoms with E-state index in [1.165, 1.54) is 0 Å². The topological polar surface area (TPSA) is 55.4 Å². The number of carbonyl (C=O) groups excluding carboxylic acids is 2. The number of hydrogen-bond acceptors (Lipinski definition) is 4. The molecule has 28 heavy (non-hydrogen) atoms. The predicted octanol–water partition coefficient (Wildman–Crippen LogP) is 5.78. The number of esters is 1. The highest BCUT2D eigenvalue weighted by Crippen LogP contribution is 2.37. The third kappa shape index (κ3) is 4.21. The molecule has 1 heterocycles. The second-order valence-corrected chi connectivity index (χ2v) is 6.98. The van der Waals surface area contributed by atoms with Crippen LogP contribution in [0.2, 0.25) is 5.02 Å². The highest BCUT2D eigenvalue weighted by atomic mass is 35.5. The molecule has 0 bridgehead atoms. The second kappa shape index (κ2) is 8.50. The van der Waals surface area contributed by atoms with Gasteiger partial charge in [0.1, 0.15) is 10.6 Å². The van der Waals surface area contributed by atoms with E-state index in [2.05, 4.69) is 5.32 Å². The normalized spacial score (nSPS) is 10.6. The Balaban J connectivity index is 1.98. The van der Waals surface area contributed by atoms with Crippen molar-refractivity contribution in [2.24, 2.45) is 0 Å². The molecule has 0 aliphatic carbocycles. The van der Waals surface area contributed by atoms with E-state index in [0.29, 0.717) is 10.6 Å². The molecule has 0 spiro atoms. The van der Waals surface area contributed by atoms with Gasteiger partial charge in [-0.05, 0) is 42.8 Å². The van der Waals surface area contributed by atoms with E-state index in [4.69, 9.17) is 16.3 Å². The Morgan fingerprint density at radius 1 is 1.11 bits per heavy atom. The van der Waals surface area contributed by atoms with Crippen molar-refractivity contribution < 1.29 is 23.1 Å². The number of carbonyl (C=O) groups is 2. The molecule has 0 unspecified atom stereocenters. The summed E-state index contributed by atoms with van der Waals surface area (Å²) in [7, 11) is 0. The summed E-state index contributed by atoms with van der Waals surface area (Å²) in [5.41, 5.74) is 1.40. The van der Waals surface area contributed by atoms with Crippen molar-refractivity contribution in [1.29, 1.82) is 0 Å². The molecule has 8 heteroatoms. The fourth-order valence-electron chi connectivity index (χ4n) is 2.51. The Morgan fingerprint density at radius 2 is 1.82 bits per heavy atom. The summed E-state index contributed by atoms with van der Waals surface area (Å²) in [6, 6.07) is 9.67. The van der Waals surface area contributed by atoms with Crippen LogP contribution in [0.1, 0.15) is 27.6 Å². The van der Waals surface area contributed by atoms with Crippen LogP contribution in [0.3, 0.4) is 0 Å². The first-order valence-corrected chi connectivity index (χ1v) is 9.47. The van der Waals surface area contributed by atoms with Crippen molar-refractivity contribution in [3.05, 3.63) is 75.6 Å². The average molecular weight is 422 g/mol. The number of rotatable bonds is 5. The van der Waals surface area contributed by atoms with Crippen LogP contribution in [-0.2, 0) is 4.74 Å². The van der Waals surface area contributed by atoms with Crippen LogP contribution in [0.15, 0.2) is 47.8 Å². The molecule has 0 fully saturated rings. The zero-order valence-electron chi connectivity index (χ0n) is 14.6. The third-order valence-electron chi connectivity index (χ3n) is 3.83. The standard InChI is InChI=1S/C20H14ClF2NO3S/c1-2-27-20(26)17-14(11-3-6-13(21)7-4-11)10-28-19(17)24-18(25)12-5-8-15(22)16(23)9-12/h3-10H,2H2,1H3,(H,24,25). The number of nitrogens with one attached hydrogen (secondary N) is 1. The lowest BCUT2D eigenvalue weighted by atomic mass is 10.0. The molecule has 3 rings (SSSR count). The van der Waals surface area contributed by atoms with Crippen molar-refractivity contribution in [2.75, 3.05) is 11.9 Å². The lowest BCUT2D eigenvalue weighted by Gasteiger charge is -2.09. The molecule has 144 valence electrons. The lowest BCUT2D eigenvalue weighted by Crippen LogP contribution is -2.15. The summed E-state index contributed by atoms with van der Waals surface area (Å²) in [5, 5.41) is 5.08. The molecule has 0 radical (unpaired) electrons. The summed E-state index contributed by atoms with van der Waals surface area (Å²) < 4.78 is 31.6.